The summed E-state index contributed by atoms with van der Waals surface area (Å²) in [6.45, 7) is 0.355. The highest BCUT2D eigenvalue weighted by Crippen LogP contribution is 2.23. The zero-order valence-corrected chi connectivity index (χ0v) is 14.1. The van der Waals surface area contributed by atoms with Gasteiger partial charge in [0.05, 0.1) is 22.3 Å². The van der Waals surface area contributed by atoms with Gasteiger partial charge in [0.2, 0.25) is 0 Å². The zero-order valence-electron chi connectivity index (χ0n) is 11.7. The smallest absolute Gasteiger partial charge is 0.256 e. The van der Waals surface area contributed by atoms with Gasteiger partial charge in [-0.15, -0.1) is 11.3 Å². The van der Waals surface area contributed by atoms with Gasteiger partial charge in [0.15, 0.2) is 0 Å². The number of para-hydroxylation sites is 1. The monoisotopic (exact) mass is 378 g/mol. The molecular weight excluding hydrogens is 367 g/mol. The predicted molar refractivity (Wildman–Crippen MR) is 89.5 cm³/mol. The minimum absolute atomic E-state index is 0.0619. The summed E-state index contributed by atoms with van der Waals surface area (Å²) in [5.74, 6) is -0.889. The van der Waals surface area contributed by atoms with Crippen LogP contribution in [0.4, 0.5) is 4.39 Å². The molecule has 22 heavy (non-hydrogen) atoms. The van der Waals surface area contributed by atoms with Crippen molar-refractivity contribution in [1.29, 1.82) is 0 Å². The summed E-state index contributed by atoms with van der Waals surface area (Å²) in [5, 5.41) is 0.828. The third kappa shape index (κ3) is 3.03. The van der Waals surface area contributed by atoms with E-state index in [1.54, 1.807) is 13.1 Å². The van der Waals surface area contributed by atoms with Gasteiger partial charge in [-0.05, 0) is 30.3 Å². The number of aromatic nitrogens is 1. The number of thiazole rings is 1. The molecule has 112 valence electrons. The molecule has 1 aromatic heterocycles. The van der Waals surface area contributed by atoms with Gasteiger partial charge >= 0.3 is 0 Å². The minimum atomic E-state index is -0.532. The highest BCUT2D eigenvalue weighted by Gasteiger charge is 2.17. The van der Waals surface area contributed by atoms with Gasteiger partial charge in [-0.3, -0.25) is 4.79 Å². The molecule has 0 aliphatic carbocycles. The van der Waals surface area contributed by atoms with Crippen molar-refractivity contribution in [2.75, 3.05) is 7.05 Å². The highest BCUT2D eigenvalue weighted by atomic mass is 79.9. The number of hydrogen-bond acceptors (Lipinski definition) is 3. The molecule has 3 nitrogen and oxygen atoms in total. The lowest BCUT2D eigenvalue weighted by atomic mass is 10.2. The number of carbonyl (C=O) groups excluding carboxylic acids is 1. The Morgan fingerprint density at radius 2 is 2.09 bits per heavy atom. The Morgan fingerprint density at radius 3 is 2.82 bits per heavy atom. The topological polar surface area (TPSA) is 33.2 Å². The average molecular weight is 379 g/mol. The molecular formula is C16H12BrFN2OS. The molecule has 2 aromatic carbocycles. The fourth-order valence-corrected chi connectivity index (χ4v) is 3.48. The van der Waals surface area contributed by atoms with Crippen LogP contribution in [-0.4, -0.2) is 22.8 Å². The van der Waals surface area contributed by atoms with Gasteiger partial charge < -0.3 is 4.90 Å². The fraction of sp³-hybridized carbons (Fsp3) is 0.125. The lowest BCUT2D eigenvalue weighted by Gasteiger charge is -2.16. The maximum Gasteiger partial charge on any atom is 0.256 e. The Labute approximate surface area is 139 Å². The van der Waals surface area contributed by atoms with E-state index >= 15 is 0 Å². The number of hydrogen-bond donors (Lipinski definition) is 0. The number of carbonyl (C=O) groups is 1. The van der Waals surface area contributed by atoms with Crippen LogP contribution in [0.15, 0.2) is 46.9 Å². The Kier molecular flexibility index (Phi) is 4.22. The van der Waals surface area contributed by atoms with E-state index in [1.165, 1.54) is 28.4 Å². The van der Waals surface area contributed by atoms with Gasteiger partial charge in [-0.1, -0.05) is 28.1 Å². The van der Waals surface area contributed by atoms with Crippen LogP contribution in [0.25, 0.3) is 10.2 Å². The summed E-state index contributed by atoms with van der Waals surface area (Å²) in [4.78, 5) is 18.3. The van der Waals surface area contributed by atoms with Crippen LogP contribution in [0.3, 0.4) is 0 Å². The van der Waals surface area contributed by atoms with Crippen molar-refractivity contribution in [2.24, 2.45) is 0 Å². The molecule has 3 rings (SSSR count). The summed E-state index contributed by atoms with van der Waals surface area (Å²) in [7, 11) is 1.65. The van der Waals surface area contributed by atoms with Crippen LogP contribution >= 0.6 is 27.3 Å². The third-order valence-electron chi connectivity index (χ3n) is 3.22. The SMILES string of the molecule is CN(Cc1nc2ccccc2s1)C(=O)c1ccc(Br)cc1F. The Hall–Kier alpha value is -1.79. The molecule has 0 atom stereocenters. The van der Waals surface area contributed by atoms with E-state index < -0.39 is 5.82 Å². The molecule has 3 aromatic rings. The molecule has 6 heteroatoms. The maximum absolute atomic E-state index is 13.9. The molecule has 0 radical (unpaired) electrons. The quantitative estimate of drug-likeness (QED) is 0.673. The molecule has 0 saturated heterocycles. The van der Waals surface area contributed by atoms with E-state index in [2.05, 4.69) is 20.9 Å². The molecule has 1 heterocycles. The first-order chi connectivity index (χ1) is 10.5. The second-order valence-corrected chi connectivity index (χ2v) is 6.89. The van der Waals surface area contributed by atoms with Crippen molar-refractivity contribution in [3.8, 4) is 0 Å². The molecule has 0 unspecified atom stereocenters. The number of halogens is 2. The van der Waals surface area contributed by atoms with Crippen molar-refractivity contribution in [1.82, 2.24) is 9.88 Å². The summed E-state index contributed by atoms with van der Waals surface area (Å²) < 4.78 is 15.6. The molecule has 0 fully saturated rings. The van der Waals surface area contributed by atoms with Gasteiger partial charge in [-0.2, -0.15) is 0 Å². The van der Waals surface area contributed by atoms with Crippen molar-refractivity contribution in [3.05, 3.63) is 63.3 Å². The first kappa shape index (κ1) is 15.1. The zero-order chi connectivity index (χ0) is 15.7. The van der Waals surface area contributed by atoms with Gasteiger partial charge in [0.25, 0.3) is 5.91 Å². The number of nitrogens with zero attached hydrogens (tertiary/aromatic N) is 2. The molecule has 0 aliphatic rings. The first-order valence-corrected chi connectivity index (χ1v) is 8.20. The number of amides is 1. The second-order valence-electron chi connectivity index (χ2n) is 4.86. The predicted octanol–water partition coefficient (Wildman–Crippen LogP) is 4.47. The van der Waals surface area contributed by atoms with E-state index in [0.29, 0.717) is 11.0 Å². The first-order valence-electron chi connectivity index (χ1n) is 6.59. The Balaban J connectivity index is 1.81. The van der Waals surface area contributed by atoms with E-state index in [9.17, 15) is 9.18 Å². The van der Waals surface area contributed by atoms with Crippen LogP contribution in [0, 0.1) is 5.82 Å². The lowest BCUT2D eigenvalue weighted by Crippen LogP contribution is -2.27. The molecule has 0 bridgehead atoms. The highest BCUT2D eigenvalue weighted by molar-refractivity contribution is 9.10. The summed E-state index contributed by atoms with van der Waals surface area (Å²) in [5.41, 5.74) is 0.977. The normalized spacial score (nSPS) is 10.9. The fourth-order valence-electron chi connectivity index (χ4n) is 2.13. The number of fused-ring (bicyclic) bond motifs is 1. The Morgan fingerprint density at radius 1 is 1.32 bits per heavy atom. The maximum atomic E-state index is 13.9. The van der Waals surface area contributed by atoms with Crippen molar-refractivity contribution in [2.45, 2.75) is 6.54 Å². The van der Waals surface area contributed by atoms with Crippen molar-refractivity contribution >= 4 is 43.4 Å². The van der Waals surface area contributed by atoms with Crippen LogP contribution in [0.5, 0.6) is 0 Å². The van der Waals surface area contributed by atoms with E-state index in [4.69, 9.17) is 0 Å². The summed E-state index contributed by atoms with van der Waals surface area (Å²) in [6.07, 6.45) is 0. The van der Waals surface area contributed by atoms with Gasteiger partial charge in [-0.25, -0.2) is 9.37 Å². The minimum Gasteiger partial charge on any atom is -0.335 e. The standard InChI is InChI=1S/C16H12BrFN2OS/c1-20(16(21)11-7-6-10(17)8-12(11)18)9-15-19-13-4-2-3-5-14(13)22-15/h2-8H,9H2,1H3. The van der Waals surface area contributed by atoms with Crippen molar-refractivity contribution < 1.29 is 9.18 Å². The number of rotatable bonds is 3. The Bertz CT molecular complexity index is 816. The van der Waals surface area contributed by atoms with Crippen LogP contribution in [-0.2, 0) is 6.54 Å². The van der Waals surface area contributed by atoms with E-state index in [0.717, 1.165) is 15.2 Å². The molecule has 0 N–H and O–H groups in total. The van der Waals surface area contributed by atoms with E-state index in [-0.39, 0.29) is 11.5 Å². The largest absolute Gasteiger partial charge is 0.335 e. The lowest BCUT2D eigenvalue weighted by molar-refractivity contribution is 0.0780. The second kappa shape index (κ2) is 6.14. The van der Waals surface area contributed by atoms with Crippen molar-refractivity contribution in [3.63, 3.8) is 0 Å². The summed E-state index contributed by atoms with van der Waals surface area (Å²) >= 11 is 4.72. The molecule has 1 amide bonds. The van der Waals surface area contributed by atoms with Crippen LogP contribution in [0.2, 0.25) is 0 Å². The number of benzene rings is 2. The third-order valence-corrected chi connectivity index (χ3v) is 4.73. The molecule has 0 aliphatic heterocycles. The molecule has 0 saturated carbocycles. The van der Waals surface area contributed by atoms with Crippen LogP contribution < -0.4 is 0 Å². The average Bonchev–Trinajstić information content (AvgIpc) is 2.88. The van der Waals surface area contributed by atoms with Gasteiger partial charge in [0.1, 0.15) is 10.8 Å². The van der Waals surface area contributed by atoms with E-state index in [1.807, 2.05) is 24.3 Å². The molecule has 0 spiro atoms. The van der Waals surface area contributed by atoms with Gasteiger partial charge in [0, 0.05) is 11.5 Å². The van der Waals surface area contributed by atoms with Crippen LogP contribution in [0.1, 0.15) is 15.4 Å². The summed E-state index contributed by atoms with van der Waals surface area (Å²) in [6, 6.07) is 12.2.